The zero-order valence-electron chi connectivity index (χ0n) is 38.7. The maximum absolute atomic E-state index is 5.32. The van der Waals surface area contributed by atoms with E-state index in [0.717, 1.165) is 46.5 Å². The SMILES string of the molecule is CC(C)Cc1cc(-c2[c-]cccc2)nc[c]1[Ge]([CH3])([CH3])[CH3].CC(C)c1cc(-c2ccccc2)cc(C(C)C)c1-n1c(-c2[c-]sc3ccc(Cc4ccccc4)cc23)nc2ccccc21.[Ir]. The van der Waals surface area contributed by atoms with E-state index in [4.69, 9.17) is 9.97 Å². The van der Waals surface area contributed by atoms with Crippen molar-refractivity contribution < 1.29 is 20.1 Å². The number of benzene rings is 6. The third-order valence-corrected chi connectivity index (χ3v) is 17.0. The van der Waals surface area contributed by atoms with E-state index in [-0.39, 0.29) is 20.1 Å². The van der Waals surface area contributed by atoms with E-state index >= 15 is 0 Å². The number of para-hydroxylation sites is 2. The summed E-state index contributed by atoms with van der Waals surface area (Å²) in [7, 11) is 0. The number of rotatable bonds is 11. The standard InChI is InChI=1S/C40H35N2S.C18H24GeN.Ir/c1-26(2)32-23-31(30-15-9-6-10-16-30)24-33(27(3)4)39(32)42-37-18-12-11-17-36(37)41-40(42)35-25-43-38-20-19-29(22-34(35)38)21-28-13-7-5-8-14-28;1-14(2)11-16-12-18(15-9-7-6-8-10-15)20-13-17(16)19(3,4)5;/h5-20,22-24,26-27H,21H2,1-4H3;6-9,12-14H,11H2,1-5H3;/q2*-1;. The van der Waals surface area contributed by atoms with E-state index in [1.165, 1.54) is 54.7 Å². The molecule has 6 heteroatoms. The summed E-state index contributed by atoms with van der Waals surface area (Å²) in [5.41, 5.74) is 15.9. The maximum atomic E-state index is 5.32. The molecule has 0 amide bonds. The Morgan fingerprint density at radius 3 is 1.97 bits per heavy atom. The van der Waals surface area contributed by atoms with Crippen molar-refractivity contribution in [3.05, 3.63) is 191 Å². The Morgan fingerprint density at radius 2 is 1.33 bits per heavy atom. The molecule has 0 atom stereocenters. The normalized spacial score (nSPS) is 11.6. The molecule has 9 rings (SSSR count). The molecule has 64 heavy (non-hydrogen) atoms. The average molecular weight is 1100 g/mol. The largest absolute Gasteiger partial charge is 0.333 e. The molecule has 327 valence electrons. The van der Waals surface area contributed by atoms with Gasteiger partial charge in [0.1, 0.15) is 0 Å². The minimum atomic E-state index is -1.86. The van der Waals surface area contributed by atoms with Crippen molar-refractivity contribution in [1.82, 2.24) is 14.5 Å². The number of aromatic nitrogens is 3. The Morgan fingerprint density at radius 1 is 0.672 bits per heavy atom. The van der Waals surface area contributed by atoms with E-state index in [9.17, 15) is 0 Å². The second-order valence-corrected chi connectivity index (χ2v) is 30.3. The van der Waals surface area contributed by atoms with E-state index in [2.05, 4.69) is 208 Å². The summed E-state index contributed by atoms with van der Waals surface area (Å²) in [6.45, 7) is 13.8. The van der Waals surface area contributed by atoms with Crippen molar-refractivity contribution in [2.45, 2.75) is 83.5 Å². The second kappa shape index (κ2) is 20.5. The fourth-order valence-corrected chi connectivity index (χ4v) is 12.8. The van der Waals surface area contributed by atoms with Gasteiger partial charge in [0.25, 0.3) is 0 Å². The summed E-state index contributed by atoms with van der Waals surface area (Å²) < 4.78 is 5.20. The van der Waals surface area contributed by atoms with Crippen molar-refractivity contribution in [2.75, 3.05) is 0 Å². The molecule has 1 radical (unpaired) electrons. The van der Waals surface area contributed by atoms with Gasteiger partial charge in [-0.2, -0.15) is 0 Å². The Bertz CT molecular complexity index is 2930. The van der Waals surface area contributed by atoms with Crippen LogP contribution in [0.4, 0.5) is 0 Å². The summed E-state index contributed by atoms with van der Waals surface area (Å²) >= 11 is -0.178. The van der Waals surface area contributed by atoms with Crippen molar-refractivity contribution >= 4 is 50.1 Å². The van der Waals surface area contributed by atoms with E-state index < -0.39 is 13.3 Å². The van der Waals surface area contributed by atoms with Crippen LogP contribution in [0.25, 0.3) is 60.6 Å². The van der Waals surface area contributed by atoms with Crippen LogP contribution in [0.1, 0.15) is 81.2 Å². The topological polar surface area (TPSA) is 30.7 Å². The van der Waals surface area contributed by atoms with Crippen LogP contribution in [-0.2, 0) is 32.9 Å². The predicted molar refractivity (Wildman–Crippen MR) is 274 cm³/mol. The van der Waals surface area contributed by atoms with Crippen LogP contribution in [0.3, 0.4) is 0 Å². The van der Waals surface area contributed by atoms with Gasteiger partial charge in [0.2, 0.25) is 0 Å². The van der Waals surface area contributed by atoms with Gasteiger partial charge in [-0.05, 0) is 70.3 Å². The minimum Gasteiger partial charge on any atom is -0.333 e. The number of imidazole rings is 1. The third kappa shape index (κ3) is 10.5. The summed E-state index contributed by atoms with van der Waals surface area (Å²) in [6, 6.07) is 55.3. The third-order valence-electron chi connectivity index (χ3n) is 11.8. The van der Waals surface area contributed by atoms with Crippen LogP contribution < -0.4 is 4.40 Å². The van der Waals surface area contributed by atoms with Crippen LogP contribution >= 0.6 is 11.3 Å². The monoisotopic (exact) mass is 1100 g/mol. The van der Waals surface area contributed by atoms with E-state index in [1.807, 2.05) is 18.2 Å². The van der Waals surface area contributed by atoms with Crippen LogP contribution in [0.15, 0.2) is 152 Å². The molecule has 0 fully saturated rings. The molecule has 0 aliphatic carbocycles. The molecule has 0 saturated carbocycles. The Hall–Kier alpha value is -4.91. The quantitative estimate of drug-likeness (QED) is 0.0955. The van der Waals surface area contributed by atoms with Gasteiger partial charge in [0.05, 0.1) is 16.9 Å². The molecule has 0 N–H and O–H groups in total. The summed E-state index contributed by atoms with van der Waals surface area (Å²) in [4.78, 5) is 10.0. The average Bonchev–Trinajstić information content (AvgIpc) is 3.87. The van der Waals surface area contributed by atoms with Gasteiger partial charge >= 0.3 is 126 Å². The molecule has 3 nitrogen and oxygen atoms in total. The first-order chi connectivity index (χ1) is 30.4. The molecule has 3 heterocycles. The van der Waals surface area contributed by atoms with Gasteiger partial charge in [-0.3, -0.25) is 16.3 Å². The van der Waals surface area contributed by atoms with Crippen molar-refractivity contribution in [3.8, 4) is 39.5 Å². The summed E-state index contributed by atoms with van der Waals surface area (Å²) in [5.74, 6) is 9.60. The van der Waals surface area contributed by atoms with Crippen LogP contribution in [0.5, 0.6) is 0 Å². The molecule has 0 saturated heterocycles. The first kappa shape index (κ1) is 47.1. The first-order valence-electron chi connectivity index (χ1n) is 22.5. The maximum Gasteiger partial charge on any atom is 0.0774 e. The molecule has 0 unspecified atom stereocenters. The van der Waals surface area contributed by atoms with Gasteiger partial charge in [-0.15, -0.1) is 11.5 Å². The van der Waals surface area contributed by atoms with Crippen molar-refractivity contribution in [3.63, 3.8) is 0 Å². The Labute approximate surface area is 401 Å². The zero-order chi connectivity index (χ0) is 44.3. The van der Waals surface area contributed by atoms with Crippen molar-refractivity contribution in [1.29, 1.82) is 0 Å². The minimum absolute atomic E-state index is 0. The number of fused-ring (bicyclic) bond motifs is 2. The first-order valence-corrected chi connectivity index (χ1v) is 30.7. The fraction of sp³-hybridized carbons (Fsp3) is 0.241. The molecule has 0 spiro atoms. The molecule has 0 aliphatic heterocycles. The number of nitrogens with zero attached hydrogens (tertiary/aromatic N) is 3. The smallest absolute Gasteiger partial charge is 0.0774 e. The van der Waals surface area contributed by atoms with Gasteiger partial charge < -0.3 is 4.57 Å². The van der Waals surface area contributed by atoms with E-state index in [0.29, 0.717) is 17.8 Å². The Kier molecular flexibility index (Phi) is 15.1. The number of hydrogen-bond acceptors (Lipinski definition) is 3. The van der Waals surface area contributed by atoms with Crippen molar-refractivity contribution in [2.24, 2.45) is 5.92 Å². The van der Waals surface area contributed by atoms with Crippen LogP contribution in [0.2, 0.25) is 17.3 Å². The van der Waals surface area contributed by atoms with Crippen LogP contribution in [0, 0.1) is 17.4 Å². The molecule has 9 aromatic rings. The summed E-state index contributed by atoms with van der Waals surface area (Å²) in [5, 5.41) is 4.90. The molecule has 3 aromatic heterocycles. The predicted octanol–water partition coefficient (Wildman–Crippen LogP) is 15.5. The van der Waals surface area contributed by atoms with Gasteiger partial charge in [0.15, 0.2) is 0 Å². The molecular formula is C58H59GeIrN3S-2. The number of pyridine rings is 1. The molecule has 6 aromatic carbocycles. The van der Waals surface area contributed by atoms with Gasteiger partial charge in [0, 0.05) is 25.8 Å². The zero-order valence-corrected chi connectivity index (χ0v) is 44.0. The van der Waals surface area contributed by atoms with Gasteiger partial charge in [-0.1, -0.05) is 134 Å². The molecule has 0 aliphatic rings. The Balaban J connectivity index is 0.000000246. The molecule has 0 bridgehead atoms. The summed E-state index contributed by atoms with van der Waals surface area (Å²) in [6.07, 6.45) is 4.17. The van der Waals surface area contributed by atoms with Gasteiger partial charge in [-0.25, -0.2) is 0 Å². The van der Waals surface area contributed by atoms with E-state index in [1.54, 1.807) is 15.7 Å². The number of hydrogen-bond donors (Lipinski definition) is 0. The fourth-order valence-electron chi connectivity index (χ4n) is 8.65. The number of thiophene rings is 1. The van der Waals surface area contributed by atoms with Crippen LogP contribution in [-0.4, -0.2) is 27.8 Å². The molecular weight excluding hydrogens is 1040 g/mol. The second-order valence-electron chi connectivity index (χ2n) is 18.9.